The Morgan fingerprint density at radius 1 is 1.10 bits per heavy atom. The number of carbonyl (C=O) groups excluding carboxylic acids is 1. The summed E-state index contributed by atoms with van der Waals surface area (Å²) in [6.07, 6.45) is 0. The van der Waals surface area contributed by atoms with Crippen molar-refractivity contribution in [1.29, 1.82) is 0 Å². The lowest BCUT2D eigenvalue weighted by molar-refractivity contribution is -0.384. The fourth-order valence-corrected chi connectivity index (χ4v) is 4.20. The van der Waals surface area contributed by atoms with E-state index in [1.165, 1.54) is 12.1 Å². The van der Waals surface area contributed by atoms with Crippen LogP contribution in [0.2, 0.25) is 10.0 Å². The number of piperazine rings is 1. The van der Waals surface area contributed by atoms with Crippen molar-refractivity contribution < 1.29 is 9.72 Å². The summed E-state index contributed by atoms with van der Waals surface area (Å²) in [5.41, 5.74) is 1.06. The number of nitrogens with zero attached hydrogens (tertiary/aromatic N) is 3. The second-order valence-electron chi connectivity index (χ2n) is 6.25. The summed E-state index contributed by atoms with van der Waals surface area (Å²) in [6, 6.07) is 9.63. The zero-order valence-electron chi connectivity index (χ0n) is 14.9. The number of nitrogens with one attached hydrogen (secondary N) is 1. The molecule has 11 heteroatoms. The van der Waals surface area contributed by atoms with Crippen LogP contribution in [-0.4, -0.2) is 47.0 Å². The first kappa shape index (κ1) is 22.0. The molecular formula is C18H15Cl2IN4O3S. The molecule has 2 aromatic carbocycles. The van der Waals surface area contributed by atoms with Gasteiger partial charge in [0.2, 0.25) is 0 Å². The number of amides is 1. The Labute approximate surface area is 196 Å². The number of halogens is 3. The van der Waals surface area contributed by atoms with Gasteiger partial charge in [0.1, 0.15) is 0 Å². The minimum atomic E-state index is -0.477. The molecule has 7 nitrogen and oxygen atoms in total. The number of nitro benzene ring substituents is 1. The molecule has 1 aliphatic heterocycles. The van der Waals surface area contributed by atoms with Gasteiger partial charge >= 0.3 is 0 Å². The van der Waals surface area contributed by atoms with Crippen LogP contribution in [0, 0.1) is 13.7 Å². The molecule has 0 radical (unpaired) electrons. The van der Waals surface area contributed by atoms with Gasteiger partial charge in [-0.2, -0.15) is 0 Å². The Hall–Kier alpha value is -1.69. The van der Waals surface area contributed by atoms with E-state index in [-0.39, 0.29) is 11.6 Å². The topological polar surface area (TPSA) is 78.7 Å². The summed E-state index contributed by atoms with van der Waals surface area (Å²) in [5, 5.41) is 14.6. The van der Waals surface area contributed by atoms with Crippen molar-refractivity contribution >= 4 is 80.4 Å². The second-order valence-corrected chi connectivity index (χ2v) is 8.70. The maximum Gasteiger partial charge on any atom is 0.271 e. The van der Waals surface area contributed by atoms with Crippen LogP contribution in [-0.2, 0) is 0 Å². The van der Waals surface area contributed by atoms with Crippen LogP contribution >= 0.6 is 58.0 Å². The molecule has 0 spiro atoms. The molecule has 1 heterocycles. The number of thiocarbonyl (C=S) groups is 1. The first-order valence-electron chi connectivity index (χ1n) is 8.50. The molecule has 1 N–H and O–H groups in total. The third-order valence-corrected chi connectivity index (χ3v) is 6.11. The number of rotatable bonds is 3. The van der Waals surface area contributed by atoms with Crippen molar-refractivity contribution in [2.45, 2.75) is 0 Å². The van der Waals surface area contributed by atoms with Crippen LogP contribution in [0.4, 0.5) is 11.4 Å². The lowest BCUT2D eigenvalue weighted by Gasteiger charge is -2.37. The van der Waals surface area contributed by atoms with Crippen molar-refractivity contribution in [3.05, 3.63) is 65.7 Å². The Morgan fingerprint density at radius 3 is 2.41 bits per heavy atom. The number of anilines is 1. The number of hydrogen-bond donors (Lipinski definition) is 1. The van der Waals surface area contributed by atoms with Crippen molar-refractivity contribution in [2.75, 3.05) is 31.1 Å². The largest absolute Gasteiger partial charge is 0.367 e. The maximum absolute atomic E-state index is 12.5. The summed E-state index contributed by atoms with van der Waals surface area (Å²) >= 11 is 19.8. The predicted molar refractivity (Wildman–Crippen MR) is 126 cm³/mol. The number of carbonyl (C=O) groups is 1. The molecule has 0 atom stereocenters. The average Bonchev–Trinajstić information content (AvgIpc) is 2.69. The van der Waals surface area contributed by atoms with Crippen molar-refractivity contribution in [3.8, 4) is 0 Å². The molecule has 29 heavy (non-hydrogen) atoms. The molecule has 0 bridgehead atoms. The van der Waals surface area contributed by atoms with E-state index in [4.69, 9.17) is 35.4 Å². The van der Waals surface area contributed by atoms with Gasteiger partial charge in [0, 0.05) is 41.9 Å². The minimum absolute atomic E-state index is 0.0458. The Bertz CT molecular complexity index is 984. The zero-order chi connectivity index (χ0) is 21.1. The summed E-state index contributed by atoms with van der Waals surface area (Å²) in [4.78, 5) is 26.8. The van der Waals surface area contributed by atoms with E-state index in [0.29, 0.717) is 46.9 Å². The number of non-ortho nitro benzene ring substituents is 1. The van der Waals surface area contributed by atoms with Gasteiger partial charge in [-0.15, -0.1) is 0 Å². The third-order valence-electron chi connectivity index (χ3n) is 4.44. The minimum Gasteiger partial charge on any atom is -0.367 e. The SMILES string of the molecule is O=C(NC(=S)N1CCN(c2ccc([N+](=O)[O-])cc2Cl)CC1)c1cc(I)ccc1Cl. The molecule has 0 unspecified atom stereocenters. The van der Waals surface area contributed by atoms with E-state index in [1.807, 2.05) is 15.9 Å². The normalized spacial score (nSPS) is 13.9. The Morgan fingerprint density at radius 2 is 1.79 bits per heavy atom. The summed E-state index contributed by atoms with van der Waals surface area (Å²) in [6.45, 7) is 2.37. The highest BCUT2D eigenvalue weighted by atomic mass is 127. The van der Waals surface area contributed by atoms with Crippen LogP contribution in [0.5, 0.6) is 0 Å². The van der Waals surface area contributed by atoms with Crippen LogP contribution < -0.4 is 10.2 Å². The van der Waals surface area contributed by atoms with Crippen molar-refractivity contribution in [3.63, 3.8) is 0 Å². The first-order chi connectivity index (χ1) is 13.8. The highest BCUT2D eigenvalue weighted by Gasteiger charge is 2.23. The van der Waals surface area contributed by atoms with Gasteiger partial charge in [-0.3, -0.25) is 20.2 Å². The summed E-state index contributed by atoms with van der Waals surface area (Å²) < 4.78 is 0.900. The van der Waals surface area contributed by atoms with Gasteiger partial charge in [-0.1, -0.05) is 23.2 Å². The number of benzene rings is 2. The van der Waals surface area contributed by atoms with E-state index in [0.717, 1.165) is 9.26 Å². The highest BCUT2D eigenvalue weighted by Crippen LogP contribution is 2.30. The standard InChI is InChI=1S/C18H15Cl2IN4O3S/c19-14-3-1-11(21)9-13(14)17(26)22-18(29)24-7-5-23(6-8-24)16-4-2-12(25(27)28)10-15(16)20/h1-4,9-10H,5-8H2,(H,22,26,29). The molecular weight excluding hydrogens is 550 g/mol. The first-order valence-corrected chi connectivity index (χ1v) is 10.7. The fourth-order valence-electron chi connectivity index (χ4n) is 2.93. The van der Waals surface area contributed by atoms with E-state index in [2.05, 4.69) is 27.9 Å². The smallest absolute Gasteiger partial charge is 0.271 e. The van der Waals surface area contributed by atoms with E-state index in [1.54, 1.807) is 18.2 Å². The number of nitro groups is 1. The molecule has 0 aliphatic carbocycles. The van der Waals surface area contributed by atoms with E-state index < -0.39 is 4.92 Å². The van der Waals surface area contributed by atoms with Crippen LogP contribution in [0.15, 0.2) is 36.4 Å². The molecule has 3 rings (SSSR count). The Balaban J connectivity index is 1.60. The van der Waals surface area contributed by atoms with Crippen molar-refractivity contribution in [2.24, 2.45) is 0 Å². The monoisotopic (exact) mass is 564 g/mol. The molecule has 0 aromatic heterocycles. The molecule has 1 amide bonds. The number of hydrogen-bond acceptors (Lipinski definition) is 5. The van der Waals surface area contributed by atoms with Crippen LogP contribution in [0.3, 0.4) is 0 Å². The second kappa shape index (κ2) is 9.41. The summed E-state index contributed by atoms with van der Waals surface area (Å²) in [5.74, 6) is -0.348. The van der Waals surface area contributed by atoms with Gasteiger partial charge in [-0.05, 0) is 59.1 Å². The molecule has 1 saturated heterocycles. The predicted octanol–water partition coefficient (Wildman–Crippen LogP) is 4.34. The summed E-state index contributed by atoms with van der Waals surface area (Å²) in [7, 11) is 0. The molecule has 1 fully saturated rings. The molecule has 2 aromatic rings. The van der Waals surface area contributed by atoms with E-state index >= 15 is 0 Å². The average molecular weight is 565 g/mol. The zero-order valence-corrected chi connectivity index (χ0v) is 19.4. The Kier molecular flexibility index (Phi) is 7.14. The molecule has 1 aliphatic rings. The van der Waals surface area contributed by atoms with Gasteiger partial charge < -0.3 is 9.80 Å². The van der Waals surface area contributed by atoms with Gasteiger partial charge in [-0.25, -0.2) is 0 Å². The highest BCUT2D eigenvalue weighted by molar-refractivity contribution is 14.1. The molecule has 0 saturated carbocycles. The van der Waals surface area contributed by atoms with E-state index in [9.17, 15) is 14.9 Å². The fraction of sp³-hybridized carbons (Fsp3) is 0.222. The van der Waals surface area contributed by atoms with Crippen LogP contribution in [0.25, 0.3) is 0 Å². The maximum atomic E-state index is 12.5. The van der Waals surface area contributed by atoms with Gasteiger partial charge in [0.05, 0.1) is 26.2 Å². The molecule has 152 valence electrons. The quantitative estimate of drug-likeness (QED) is 0.258. The van der Waals surface area contributed by atoms with Gasteiger partial charge in [0.15, 0.2) is 5.11 Å². The van der Waals surface area contributed by atoms with Gasteiger partial charge in [0.25, 0.3) is 11.6 Å². The lowest BCUT2D eigenvalue weighted by Crippen LogP contribution is -2.52. The van der Waals surface area contributed by atoms with Crippen molar-refractivity contribution in [1.82, 2.24) is 10.2 Å². The third kappa shape index (κ3) is 5.27. The lowest BCUT2D eigenvalue weighted by atomic mass is 10.2. The van der Waals surface area contributed by atoms with Crippen LogP contribution in [0.1, 0.15) is 10.4 Å².